The topological polar surface area (TPSA) is 138 Å². The molecule has 8 nitrogen and oxygen atoms in total. The molecule has 0 aromatic carbocycles. The van der Waals surface area contributed by atoms with Crippen LogP contribution in [0.2, 0.25) is 0 Å². The Morgan fingerprint density at radius 2 is 1.59 bits per heavy atom. The summed E-state index contributed by atoms with van der Waals surface area (Å²) in [4.78, 5) is 42.1. The van der Waals surface area contributed by atoms with E-state index in [4.69, 9.17) is 10.2 Å². The van der Waals surface area contributed by atoms with Gasteiger partial charge in [0.2, 0.25) is 0 Å². The van der Waals surface area contributed by atoms with E-state index in [9.17, 15) is 24.3 Å². The van der Waals surface area contributed by atoms with Crippen molar-refractivity contribution in [2.45, 2.75) is 25.4 Å². The molecule has 0 aromatic rings. The first-order valence-corrected chi connectivity index (χ1v) is 4.06. The number of aliphatic carboxylic acids is 2. The Morgan fingerprint density at radius 1 is 1.12 bits per heavy atom. The molecule has 17 heavy (non-hydrogen) atoms. The molecule has 0 aromatic heterocycles. The van der Waals surface area contributed by atoms with Gasteiger partial charge in [-0.15, -0.1) is 0 Å². The van der Waals surface area contributed by atoms with E-state index < -0.39 is 42.3 Å². The summed E-state index contributed by atoms with van der Waals surface area (Å²) in [7, 11) is 0. The van der Waals surface area contributed by atoms with Crippen molar-refractivity contribution in [2.24, 2.45) is 0 Å². The normalized spacial score (nSPS) is 12.8. The van der Waals surface area contributed by atoms with Crippen LogP contribution in [0.5, 0.6) is 0 Å². The van der Waals surface area contributed by atoms with Gasteiger partial charge >= 0.3 is 23.9 Å². The van der Waals surface area contributed by atoms with Gasteiger partial charge in [-0.2, -0.15) is 0 Å². The first kappa shape index (κ1) is 17.9. The second kappa shape index (κ2) is 7.00. The number of rotatable bonds is 5. The zero-order valence-electron chi connectivity index (χ0n) is 8.60. The summed E-state index contributed by atoms with van der Waals surface area (Å²) >= 11 is 0. The number of ether oxygens (including phenoxy) is 1. The minimum Gasteiger partial charge on any atom is -0.481 e. The van der Waals surface area contributed by atoms with E-state index in [1.165, 1.54) is 0 Å². The van der Waals surface area contributed by atoms with E-state index in [2.05, 4.69) is 4.74 Å². The van der Waals surface area contributed by atoms with Gasteiger partial charge in [0.05, 0.1) is 12.8 Å². The molecule has 101 valence electrons. The second-order valence-corrected chi connectivity index (χ2v) is 3.05. The van der Waals surface area contributed by atoms with E-state index in [0.29, 0.717) is 0 Å². The summed E-state index contributed by atoms with van der Waals surface area (Å²) in [6, 6.07) is 0. The molecule has 1 radical (unpaired) electrons. The standard InChI is InChI=1S/C8H10O8.Cu/c1-4(9)16-6(12)3-8(15,7(13)14)2-5(10)11;/h15H,2-3H2,1H3,(H,10,11)(H,13,14);. The molecule has 0 heterocycles. The van der Waals surface area contributed by atoms with Crippen LogP contribution in [0.1, 0.15) is 19.8 Å². The zero-order valence-corrected chi connectivity index (χ0v) is 9.54. The van der Waals surface area contributed by atoms with E-state index in [0.717, 1.165) is 6.92 Å². The number of hydrogen-bond donors (Lipinski definition) is 3. The summed E-state index contributed by atoms with van der Waals surface area (Å²) in [6.07, 6.45) is -2.29. The third-order valence-electron chi connectivity index (χ3n) is 1.54. The maximum Gasteiger partial charge on any atom is 0.336 e. The van der Waals surface area contributed by atoms with Gasteiger partial charge in [-0.1, -0.05) is 0 Å². The first-order valence-electron chi connectivity index (χ1n) is 4.06. The van der Waals surface area contributed by atoms with Crippen LogP contribution < -0.4 is 0 Å². The van der Waals surface area contributed by atoms with E-state index in [1.54, 1.807) is 0 Å². The fourth-order valence-corrected chi connectivity index (χ4v) is 0.899. The first-order chi connectivity index (χ1) is 7.17. The summed E-state index contributed by atoms with van der Waals surface area (Å²) in [5.74, 6) is -5.76. The maximum atomic E-state index is 10.9. The predicted molar refractivity (Wildman–Crippen MR) is 46.2 cm³/mol. The van der Waals surface area contributed by atoms with Gasteiger partial charge in [-0.3, -0.25) is 14.4 Å². The Hall–Kier alpha value is -1.44. The van der Waals surface area contributed by atoms with Crippen molar-refractivity contribution >= 4 is 23.9 Å². The van der Waals surface area contributed by atoms with Crippen LogP contribution in [0, 0.1) is 0 Å². The van der Waals surface area contributed by atoms with Crippen molar-refractivity contribution in [3.8, 4) is 0 Å². The van der Waals surface area contributed by atoms with E-state index >= 15 is 0 Å². The molecule has 1 atom stereocenters. The molecule has 0 bridgehead atoms. The van der Waals surface area contributed by atoms with Crippen LogP contribution in [0.4, 0.5) is 0 Å². The Bertz CT molecular complexity index is 338. The average molecular weight is 298 g/mol. The van der Waals surface area contributed by atoms with Gasteiger partial charge in [-0.05, 0) is 0 Å². The smallest absolute Gasteiger partial charge is 0.336 e. The fourth-order valence-electron chi connectivity index (χ4n) is 0.899. The SMILES string of the molecule is CC(=O)OC(=O)CC(O)(CC(=O)O)C(=O)O.[Cu]. The Kier molecular flexibility index (Phi) is 7.38. The molecule has 0 aliphatic rings. The average Bonchev–Trinajstić information content (AvgIpc) is 1.98. The molecule has 0 saturated heterocycles. The summed E-state index contributed by atoms with van der Waals surface area (Å²) in [6.45, 7) is 0.912. The molecule has 0 amide bonds. The van der Waals surface area contributed by atoms with Crippen LogP contribution in [-0.4, -0.2) is 44.8 Å². The minimum absolute atomic E-state index is 0. The van der Waals surface area contributed by atoms with Crippen LogP contribution in [0.3, 0.4) is 0 Å². The molecule has 0 aliphatic carbocycles. The summed E-state index contributed by atoms with van der Waals surface area (Å²) in [5.41, 5.74) is -2.78. The Morgan fingerprint density at radius 3 is 1.88 bits per heavy atom. The molecule has 0 saturated carbocycles. The van der Waals surface area contributed by atoms with Gasteiger partial charge in [-0.25, -0.2) is 4.79 Å². The number of carboxylic acids is 2. The molecule has 0 spiro atoms. The minimum atomic E-state index is -2.78. The summed E-state index contributed by atoms with van der Waals surface area (Å²) < 4.78 is 3.98. The fraction of sp³-hybridized carbons (Fsp3) is 0.500. The van der Waals surface area contributed by atoms with Crippen LogP contribution in [0.25, 0.3) is 0 Å². The number of carbonyl (C=O) groups is 4. The molecule has 0 fully saturated rings. The van der Waals surface area contributed by atoms with Gasteiger partial charge in [0.15, 0.2) is 5.60 Å². The number of carboxylic acid groups (broad SMARTS) is 2. The van der Waals surface area contributed by atoms with Crippen molar-refractivity contribution in [1.82, 2.24) is 0 Å². The summed E-state index contributed by atoms with van der Waals surface area (Å²) in [5, 5.41) is 26.3. The van der Waals surface area contributed by atoms with Crippen molar-refractivity contribution in [3.05, 3.63) is 0 Å². The zero-order chi connectivity index (χ0) is 12.9. The maximum absolute atomic E-state index is 10.9. The van der Waals surface area contributed by atoms with Crippen LogP contribution >= 0.6 is 0 Å². The van der Waals surface area contributed by atoms with Gasteiger partial charge < -0.3 is 20.1 Å². The van der Waals surface area contributed by atoms with E-state index in [1.807, 2.05) is 0 Å². The second-order valence-electron chi connectivity index (χ2n) is 3.05. The van der Waals surface area contributed by atoms with Crippen LogP contribution in [0.15, 0.2) is 0 Å². The Labute approximate surface area is 106 Å². The molecule has 1 unspecified atom stereocenters. The van der Waals surface area contributed by atoms with Crippen molar-refractivity contribution in [1.29, 1.82) is 0 Å². The van der Waals surface area contributed by atoms with Gasteiger partial charge in [0.1, 0.15) is 0 Å². The number of aliphatic hydroxyl groups is 1. The van der Waals surface area contributed by atoms with Crippen molar-refractivity contribution in [2.75, 3.05) is 0 Å². The van der Waals surface area contributed by atoms with E-state index in [-0.39, 0.29) is 17.1 Å². The third-order valence-corrected chi connectivity index (χ3v) is 1.54. The Balaban J connectivity index is 0. The quantitative estimate of drug-likeness (QED) is 0.325. The van der Waals surface area contributed by atoms with Crippen molar-refractivity contribution < 1.29 is 56.3 Å². The molecular formula is C8H10CuO8. The van der Waals surface area contributed by atoms with Gasteiger partial charge in [0, 0.05) is 24.0 Å². The van der Waals surface area contributed by atoms with Crippen molar-refractivity contribution in [3.63, 3.8) is 0 Å². The molecule has 0 aliphatic heterocycles. The number of esters is 2. The number of hydrogen-bond acceptors (Lipinski definition) is 6. The largest absolute Gasteiger partial charge is 0.481 e. The molecular weight excluding hydrogens is 288 g/mol. The predicted octanol–water partition coefficient (Wildman–Crippen LogP) is -1.25. The number of carbonyl (C=O) groups excluding carboxylic acids is 2. The molecule has 9 heteroatoms. The van der Waals surface area contributed by atoms with Gasteiger partial charge in [0.25, 0.3) is 0 Å². The molecule has 0 rings (SSSR count). The monoisotopic (exact) mass is 297 g/mol. The molecule has 3 N–H and O–H groups in total. The van der Waals surface area contributed by atoms with Crippen LogP contribution in [-0.2, 0) is 41.0 Å². The third kappa shape index (κ3) is 6.67.